The molecular formula is C24H29Cl2N5O4. The van der Waals surface area contributed by atoms with Crippen molar-refractivity contribution < 1.29 is 19.1 Å². The first kappa shape index (κ1) is 25.3. The Morgan fingerprint density at radius 2 is 1.83 bits per heavy atom. The fraction of sp³-hybridized carbons (Fsp3) is 0.500. The number of carbonyl (C=O) groups excluding carboxylic acids is 2. The number of fused-ring (bicyclic) bond motifs is 1. The van der Waals surface area contributed by atoms with E-state index in [1.54, 1.807) is 28.0 Å². The van der Waals surface area contributed by atoms with E-state index < -0.39 is 5.60 Å². The quantitative estimate of drug-likeness (QED) is 0.548. The summed E-state index contributed by atoms with van der Waals surface area (Å²) >= 11 is 12.9. The highest BCUT2D eigenvalue weighted by atomic mass is 35.5. The summed E-state index contributed by atoms with van der Waals surface area (Å²) < 4.78 is 13.1. The number of rotatable bonds is 5. The monoisotopic (exact) mass is 521 g/mol. The van der Waals surface area contributed by atoms with Crippen LogP contribution in [0.25, 0.3) is 0 Å². The number of nitrogens with zero attached hydrogens (tertiary/aromatic N) is 5. The van der Waals surface area contributed by atoms with Gasteiger partial charge in [0.05, 0.1) is 10.0 Å². The molecule has 0 spiro atoms. The number of benzene rings is 1. The van der Waals surface area contributed by atoms with Crippen LogP contribution in [0.2, 0.25) is 10.0 Å². The number of piperazine rings is 1. The van der Waals surface area contributed by atoms with Gasteiger partial charge in [0.25, 0.3) is 5.91 Å². The van der Waals surface area contributed by atoms with Gasteiger partial charge in [-0.15, -0.1) is 10.2 Å². The summed E-state index contributed by atoms with van der Waals surface area (Å²) in [5.74, 6) is 1.33. The lowest BCUT2D eigenvalue weighted by atomic mass is 9.96. The van der Waals surface area contributed by atoms with Gasteiger partial charge >= 0.3 is 6.09 Å². The minimum atomic E-state index is -0.564. The number of ether oxygens (including phenoxy) is 2. The van der Waals surface area contributed by atoms with Gasteiger partial charge in [-0.2, -0.15) is 0 Å². The Morgan fingerprint density at radius 1 is 1.14 bits per heavy atom. The third kappa shape index (κ3) is 5.41. The summed E-state index contributed by atoms with van der Waals surface area (Å²) in [4.78, 5) is 28.9. The van der Waals surface area contributed by atoms with E-state index in [4.69, 9.17) is 32.7 Å². The van der Waals surface area contributed by atoms with Gasteiger partial charge in [0.2, 0.25) is 5.82 Å². The molecule has 1 aromatic heterocycles. The molecule has 0 aliphatic carbocycles. The van der Waals surface area contributed by atoms with E-state index in [2.05, 4.69) is 16.8 Å². The predicted molar refractivity (Wildman–Crippen MR) is 132 cm³/mol. The second-order valence-electron chi connectivity index (χ2n) is 9.58. The van der Waals surface area contributed by atoms with E-state index in [0.29, 0.717) is 67.4 Å². The van der Waals surface area contributed by atoms with E-state index in [0.717, 1.165) is 5.56 Å². The van der Waals surface area contributed by atoms with Crippen LogP contribution in [0, 0.1) is 0 Å². The van der Waals surface area contributed by atoms with Gasteiger partial charge < -0.3 is 23.8 Å². The molecule has 188 valence electrons. The molecule has 11 heteroatoms. The fourth-order valence-corrected chi connectivity index (χ4v) is 4.77. The lowest BCUT2D eigenvalue weighted by Crippen LogP contribution is -2.52. The average Bonchev–Trinajstić information content (AvgIpc) is 3.39. The van der Waals surface area contributed by atoms with Gasteiger partial charge in [-0.3, -0.25) is 4.79 Å². The first-order valence-electron chi connectivity index (χ1n) is 11.5. The Morgan fingerprint density at radius 3 is 2.49 bits per heavy atom. The van der Waals surface area contributed by atoms with Crippen molar-refractivity contribution in [2.75, 3.05) is 32.8 Å². The molecule has 1 atom stereocenters. The Kier molecular flexibility index (Phi) is 7.28. The molecule has 0 saturated carbocycles. The molecule has 1 unspecified atom stereocenters. The van der Waals surface area contributed by atoms with Gasteiger partial charge in [-0.05, 0) is 32.9 Å². The Labute approximate surface area is 214 Å². The molecule has 1 aromatic carbocycles. The standard InChI is InChI=1S/C24H29Cl2N5O4/c1-5-12-34-17-7-6-16(25)20(26)19(17)15-13-18-27-28-21(31(18)14-15)22(32)29-8-10-30(11-9-29)23(33)35-24(2,3)4/h5-7,15H,1,8-14H2,2-4H3. The van der Waals surface area contributed by atoms with E-state index in [1.807, 2.05) is 25.3 Å². The lowest BCUT2D eigenvalue weighted by molar-refractivity contribution is 0.0138. The Balaban J connectivity index is 1.46. The molecule has 4 rings (SSSR count). The highest BCUT2D eigenvalue weighted by Crippen LogP contribution is 2.42. The summed E-state index contributed by atoms with van der Waals surface area (Å²) in [6, 6.07) is 3.50. The molecule has 0 N–H and O–H groups in total. The summed E-state index contributed by atoms with van der Waals surface area (Å²) in [6.07, 6.45) is 1.84. The highest BCUT2D eigenvalue weighted by molar-refractivity contribution is 6.42. The molecule has 2 aliphatic rings. The highest BCUT2D eigenvalue weighted by Gasteiger charge is 2.35. The number of hydrogen-bond acceptors (Lipinski definition) is 6. The van der Waals surface area contributed by atoms with Gasteiger partial charge in [-0.1, -0.05) is 35.9 Å². The van der Waals surface area contributed by atoms with Crippen molar-refractivity contribution in [1.29, 1.82) is 0 Å². The first-order valence-corrected chi connectivity index (χ1v) is 12.3. The number of carbonyl (C=O) groups is 2. The minimum absolute atomic E-state index is 0.0675. The molecule has 9 nitrogen and oxygen atoms in total. The van der Waals surface area contributed by atoms with E-state index in [9.17, 15) is 9.59 Å². The van der Waals surface area contributed by atoms with Crippen molar-refractivity contribution in [2.24, 2.45) is 0 Å². The second-order valence-corrected chi connectivity index (χ2v) is 10.4. The van der Waals surface area contributed by atoms with Crippen LogP contribution in [0.15, 0.2) is 24.8 Å². The summed E-state index contributed by atoms with van der Waals surface area (Å²) in [6.45, 7) is 11.6. The van der Waals surface area contributed by atoms with Crippen LogP contribution in [0.5, 0.6) is 5.75 Å². The van der Waals surface area contributed by atoms with Crippen LogP contribution >= 0.6 is 23.2 Å². The van der Waals surface area contributed by atoms with Crippen molar-refractivity contribution in [2.45, 2.75) is 45.3 Å². The van der Waals surface area contributed by atoms with E-state index in [1.165, 1.54) is 0 Å². The number of aromatic nitrogens is 3. The molecule has 0 radical (unpaired) electrons. The van der Waals surface area contributed by atoms with Crippen LogP contribution in [0.1, 0.15) is 48.7 Å². The fourth-order valence-electron chi connectivity index (χ4n) is 4.30. The maximum Gasteiger partial charge on any atom is 0.410 e. The molecule has 1 fully saturated rings. The van der Waals surface area contributed by atoms with Crippen LogP contribution in [-0.4, -0.2) is 75.0 Å². The SMILES string of the molecule is C=CCOc1ccc(Cl)c(Cl)c1C1Cc2nnc(C(=O)N3CCN(C(=O)OC(C)(C)C)CC3)n2C1. The van der Waals surface area contributed by atoms with E-state index in [-0.39, 0.29) is 23.7 Å². The van der Waals surface area contributed by atoms with Gasteiger partial charge in [0, 0.05) is 50.6 Å². The number of hydrogen-bond donors (Lipinski definition) is 0. The molecule has 3 heterocycles. The van der Waals surface area contributed by atoms with Gasteiger partial charge in [0.15, 0.2) is 0 Å². The lowest BCUT2D eigenvalue weighted by Gasteiger charge is -2.35. The van der Waals surface area contributed by atoms with Crippen molar-refractivity contribution >= 4 is 35.2 Å². The Hall–Kier alpha value is -2.78. The largest absolute Gasteiger partial charge is 0.489 e. The third-order valence-electron chi connectivity index (χ3n) is 5.93. The molecule has 35 heavy (non-hydrogen) atoms. The molecule has 2 aromatic rings. The van der Waals surface area contributed by atoms with Crippen molar-refractivity contribution in [1.82, 2.24) is 24.6 Å². The second kappa shape index (κ2) is 10.1. The number of halogens is 2. The minimum Gasteiger partial charge on any atom is -0.489 e. The molecule has 2 amide bonds. The average molecular weight is 522 g/mol. The topological polar surface area (TPSA) is 89.8 Å². The summed E-state index contributed by atoms with van der Waals surface area (Å²) in [7, 11) is 0. The molecule has 2 aliphatic heterocycles. The molecule has 1 saturated heterocycles. The third-order valence-corrected chi connectivity index (χ3v) is 6.75. The van der Waals surface area contributed by atoms with Crippen LogP contribution in [-0.2, 0) is 17.7 Å². The zero-order chi connectivity index (χ0) is 25.3. The van der Waals surface area contributed by atoms with Crippen LogP contribution in [0.4, 0.5) is 4.79 Å². The Bertz CT molecular complexity index is 1140. The zero-order valence-corrected chi connectivity index (χ0v) is 21.6. The molecular weight excluding hydrogens is 493 g/mol. The maximum atomic E-state index is 13.3. The van der Waals surface area contributed by atoms with Crippen molar-refractivity contribution in [3.8, 4) is 5.75 Å². The molecule has 0 bridgehead atoms. The normalized spacial score (nSPS) is 17.8. The van der Waals surface area contributed by atoms with Gasteiger partial charge in [0.1, 0.15) is 23.8 Å². The number of amides is 2. The van der Waals surface area contributed by atoms with Crippen LogP contribution < -0.4 is 4.74 Å². The smallest absolute Gasteiger partial charge is 0.410 e. The van der Waals surface area contributed by atoms with Crippen molar-refractivity contribution in [3.05, 3.63) is 52.0 Å². The summed E-state index contributed by atoms with van der Waals surface area (Å²) in [5.41, 5.74) is 0.223. The summed E-state index contributed by atoms with van der Waals surface area (Å²) in [5, 5.41) is 9.30. The maximum absolute atomic E-state index is 13.3. The first-order chi connectivity index (χ1) is 16.6. The predicted octanol–water partition coefficient (Wildman–Crippen LogP) is 4.18. The van der Waals surface area contributed by atoms with Crippen molar-refractivity contribution in [3.63, 3.8) is 0 Å². The van der Waals surface area contributed by atoms with E-state index >= 15 is 0 Å². The van der Waals surface area contributed by atoms with Crippen LogP contribution in [0.3, 0.4) is 0 Å². The van der Waals surface area contributed by atoms with Gasteiger partial charge in [-0.25, -0.2) is 4.79 Å². The zero-order valence-electron chi connectivity index (χ0n) is 20.1.